The molecule has 0 saturated carbocycles. The summed E-state index contributed by atoms with van der Waals surface area (Å²) in [6.45, 7) is 0.0400. The van der Waals surface area contributed by atoms with Gasteiger partial charge >= 0.3 is 0 Å². The summed E-state index contributed by atoms with van der Waals surface area (Å²) in [5.41, 5.74) is 8.51. The molecule has 0 amide bonds. The van der Waals surface area contributed by atoms with Crippen molar-refractivity contribution in [3.05, 3.63) is 119 Å². The minimum absolute atomic E-state index is 0.00131. The first-order valence-corrected chi connectivity index (χ1v) is 10.4. The quantitative estimate of drug-likeness (QED) is 0.481. The highest BCUT2D eigenvalue weighted by Gasteiger charge is 2.42. The van der Waals surface area contributed by atoms with Crippen LogP contribution >= 0.6 is 0 Å². The number of aliphatic hydroxyl groups is 2. The van der Waals surface area contributed by atoms with Crippen molar-refractivity contribution in [3.8, 4) is 22.3 Å². The van der Waals surface area contributed by atoms with Crippen LogP contribution in [0.5, 0.6) is 0 Å². The second-order valence-electron chi connectivity index (χ2n) is 7.98. The summed E-state index contributed by atoms with van der Waals surface area (Å²) in [6.07, 6.45) is 0.688. The van der Waals surface area contributed by atoms with Crippen molar-refractivity contribution in [3.63, 3.8) is 0 Å². The van der Waals surface area contributed by atoms with Crippen molar-refractivity contribution in [1.29, 1.82) is 0 Å². The van der Waals surface area contributed by atoms with Gasteiger partial charge in [0, 0.05) is 5.41 Å². The van der Waals surface area contributed by atoms with E-state index in [0.29, 0.717) is 6.42 Å². The Morgan fingerprint density at radius 1 is 0.500 bits per heavy atom. The van der Waals surface area contributed by atoms with E-state index >= 15 is 0 Å². The van der Waals surface area contributed by atoms with E-state index in [2.05, 4.69) is 72.8 Å². The van der Waals surface area contributed by atoms with Crippen molar-refractivity contribution < 1.29 is 10.2 Å². The molecule has 0 unspecified atom stereocenters. The Morgan fingerprint density at radius 3 is 1.47 bits per heavy atom. The van der Waals surface area contributed by atoms with Crippen LogP contribution in [0, 0.1) is 0 Å². The first-order chi connectivity index (χ1) is 14.8. The molecule has 2 heteroatoms. The molecular formula is C28H24O2. The Kier molecular flexibility index (Phi) is 4.74. The number of benzene rings is 4. The molecule has 148 valence electrons. The van der Waals surface area contributed by atoms with Crippen molar-refractivity contribution in [2.45, 2.75) is 18.4 Å². The number of hydrogen-bond donors (Lipinski definition) is 2. The van der Waals surface area contributed by atoms with E-state index in [9.17, 15) is 10.2 Å². The van der Waals surface area contributed by atoms with Gasteiger partial charge in [0.2, 0.25) is 0 Å². The second-order valence-corrected chi connectivity index (χ2v) is 7.98. The molecule has 2 N–H and O–H groups in total. The highest BCUT2D eigenvalue weighted by Crippen LogP contribution is 2.50. The lowest BCUT2D eigenvalue weighted by Gasteiger charge is -2.31. The number of hydrogen-bond acceptors (Lipinski definition) is 2. The lowest BCUT2D eigenvalue weighted by Crippen LogP contribution is -2.32. The fourth-order valence-electron chi connectivity index (χ4n) is 5.02. The largest absolute Gasteiger partial charge is 0.395 e. The molecule has 4 aromatic rings. The zero-order valence-electron chi connectivity index (χ0n) is 16.8. The summed E-state index contributed by atoms with van der Waals surface area (Å²) in [4.78, 5) is 0. The van der Waals surface area contributed by atoms with Gasteiger partial charge in [-0.05, 0) is 50.9 Å². The molecule has 0 aliphatic heterocycles. The van der Waals surface area contributed by atoms with Gasteiger partial charge in [0.05, 0.1) is 13.2 Å². The molecule has 1 aliphatic carbocycles. The molecule has 0 saturated heterocycles. The molecule has 4 aromatic carbocycles. The Balaban J connectivity index is 1.70. The van der Waals surface area contributed by atoms with Crippen molar-refractivity contribution in [1.82, 2.24) is 0 Å². The average molecular weight is 392 g/mol. The van der Waals surface area contributed by atoms with Crippen LogP contribution in [0.1, 0.15) is 22.3 Å². The van der Waals surface area contributed by atoms with Crippen LogP contribution in [0.25, 0.3) is 22.3 Å². The predicted molar refractivity (Wildman–Crippen MR) is 121 cm³/mol. The van der Waals surface area contributed by atoms with Crippen LogP contribution in [-0.2, 0) is 18.4 Å². The van der Waals surface area contributed by atoms with Crippen molar-refractivity contribution in [2.75, 3.05) is 6.61 Å². The summed E-state index contributed by atoms with van der Waals surface area (Å²) < 4.78 is 0. The number of fused-ring (bicyclic) bond motifs is 3. The van der Waals surface area contributed by atoms with Crippen LogP contribution in [-0.4, -0.2) is 16.8 Å². The van der Waals surface area contributed by atoms with E-state index in [-0.39, 0.29) is 13.2 Å². The molecule has 0 heterocycles. The van der Waals surface area contributed by atoms with Crippen molar-refractivity contribution in [2.24, 2.45) is 0 Å². The van der Waals surface area contributed by atoms with Crippen LogP contribution in [0.2, 0.25) is 0 Å². The normalized spacial score (nSPS) is 13.7. The highest BCUT2D eigenvalue weighted by atomic mass is 16.3. The lowest BCUT2D eigenvalue weighted by molar-refractivity contribution is 0.221. The van der Waals surface area contributed by atoms with E-state index in [1.54, 1.807) is 0 Å². The van der Waals surface area contributed by atoms with Gasteiger partial charge < -0.3 is 10.2 Å². The second kappa shape index (κ2) is 7.56. The first-order valence-electron chi connectivity index (χ1n) is 10.4. The zero-order valence-corrected chi connectivity index (χ0v) is 16.8. The molecule has 30 heavy (non-hydrogen) atoms. The Morgan fingerprint density at radius 2 is 0.933 bits per heavy atom. The minimum atomic E-state index is -0.489. The summed E-state index contributed by atoms with van der Waals surface area (Å²) in [5.74, 6) is 0. The summed E-state index contributed by atoms with van der Waals surface area (Å²) in [7, 11) is 0. The van der Waals surface area contributed by atoms with E-state index in [1.807, 2.05) is 24.3 Å². The zero-order chi connectivity index (χ0) is 20.6. The monoisotopic (exact) mass is 392 g/mol. The molecule has 0 aromatic heterocycles. The summed E-state index contributed by atoms with van der Waals surface area (Å²) in [6, 6.07) is 33.2. The maximum Gasteiger partial charge on any atom is 0.0687 e. The third-order valence-corrected chi connectivity index (χ3v) is 6.43. The minimum Gasteiger partial charge on any atom is -0.395 e. The number of aliphatic hydroxyl groups excluding tert-OH is 2. The molecule has 5 rings (SSSR count). The van der Waals surface area contributed by atoms with Crippen molar-refractivity contribution >= 4 is 0 Å². The molecule has 0 spiro atoms. The van der Waals surface area contributed by atoms with Gasteiger partial charge in [-0.15, -0.1) is 0 Å². The Hall–Kier alpha value is -3.20. The molecule has 0 fully saturated rings. The van der Waals surface area contributed by atoms with Gasteiger partial charge in [-0.1, -0.05) is 97.1 Å². The van der Waals surface area contributed by atoms with E-state index < -0.39 is 5.41 Å². The predicted octanol–water partition coefficient (Wildman–Crippen LogP) is 5.35. The van der Waals surface area contributed by atoms with E-state index in [4.69, 9.17) is 0 Å². The molecular weight excluding hydrogens is 368 g/mol. The van der Waals surface area contributed by atoms with Crippen LogP contribution in [0.3, 0.4) is 0 Å². The van der Waals surface area contributed by atoms with Crippen LogP contribution < -0.4 is 0 Å². The maximum atomic E-state index is 10.8. The summed E-state index contributed by atoms with van der Waals surface area (Å²) in [5, 5.41) is 20.7. The van der Waals surface area contributed by atoms with Gasteiger partial charge in [0.1, 0.15) is 0 Å². The maximum absolute atomic E-state index is 10.8. The van der Waals surface area contributed by atoms with Crippen LogP contribution in [0.15, 0.2) is 97.1 Å². The topological polar surface area (TPSA) is 40.5 Å². The standard InChI is InChI=1S/C28H24O2/c29-18-21-10-2-4-12-23(21)22-11-3-1-9-20(22)17-28(19-30)26-15-7-5-13-24(26)25-14-6-8-16-27(25)28/h1-16,29-30H,17-19H2. The fraction of sp³-hybridized carbons (Fsp3) is 0.143. The van der Waals surface area contributed by atoms with E-state index in [0.717, 1.165) is 16.7 Å². The van der Waals surface area contributed by atoms with Crippen LogP contribution in [0.4, 0.5) is 0 Å². The summed E-state index contributed by atoms with van der Waals surface area (Å²) >= 11 is 0. The molecule has 0 bridgehead atoms. The van der Waals surface area contributed by atoms with Gasteiger partial charge in [-0.25, -0.2) is 0 Å². The number of rotatable bonds is 5. The molecule has 1 aliphatic rings. The van der Waals surface area contributed by atoms with Gasteiger partial charge in [-0.3, -0.25) is 0 Å². The average Bonchev–Trinajstić information content (AvgIpc) is 3.10. The SMILES string of the molecule is OCc1ccccc1-c1ccccc1CC1(CO)c2ccccc2-c2ccccc21. The van der Waals surface area contributed by atoms with E-state index in [1.165, 1.54) is 27.8 Å². The molecule has 2 nitrogen and oxygen atoms in total. The lowest BCUT2D eigenvalue weighted by atomic mass is 9.73. The van der Waals surface area contributed by atoms with Gasteiger partial charge in [0.15, 0.2) is 0 Å². The Labute approximate surface area is 177 Å². The fourth-order valence-corrected chi connectivity index (χ4v) is 5.02. The third kappa shape index (κ3) is 2.80. The molecule has 0 atom stereocenters. The third-order valence-electron chi connectivity index (χ3n) is 6.43. The Bertz CT molecular complexity index is 1160. The highest BCUT2D eigenvalue weighted by molar-refractivity contribution is 5.82. The smallest absolute Gasteiger partial charge is 0.0687 e. The first kappa shape index (κ1) is 18.8. The van der Waals surface area contributed by atoms with Gasteiger partial charge in [-0.2, -0.15) is 0 Å². The molecule has 0 radical (unpaired) electrons. The van der Waals surface area contributed by atoms with Gasteiger partial charge in [0.25, 0.3) is 0 Å².